The molecule has 1 atom stereocenters. The van der Waals surface area contributed by atoms with Crippen LogP contribution in [0, 0.1) is 0 Å². The molecule has 6 rings (SSSR count). The summed E-state index contributed by atoms with van der Waals surface area (Å²) in [5.74, 6) is 2.20. The van der Waals surface area contributed by atoms with Crippen molar-refractivity contribution in [1.82, 2.24) is 29.8 Å². The predicted molar refractivity (Wildman–Crippen MR) is 126 cm³/mol. The van der Waals surface area contributed by atoms with Gasteiger partial charge in [0.15, 0.2) is 28.6 Å². The molecule has 34 heavy (non-hydrogen) atoms. The summed E-state index contributed by atoms with van der Waals surface area (Å²) < 4.78 is 15.3. The van der Waals surface area contributed by atoms with Crippen molar-refractivity contribution in [3.05, 3.63) is 95.0 Å². The number of benzene rings is 3. The van der Waals surface area contributed by atoms with Crippen LogP contribution in [0.2, 0.25) is 0 Å². The second-order valence-corrected chi connectivity index (χ2v) is 8.47. The van der Waals surface area contributed by atoms with E-state index in [0.717, 1.165) is 5.69 Å². The number of thioether (sulfide) groups is 1. The first-order valence-electron chi connectivity index (χ1n) is 10.6. The number of aromatic nitrogens is 6. The number of ether oxygens (including phenoxy) is 2. The molecule has 3 heterocycles. The molecule has 0 unspecified atom stereocenters. The van der Waals surface area contributed by atoms with Crippen LogP contribution in [0.1, 0.15) is 11.9 Å². The SMILES string of the molecule is O=c1c2ccccc2nnn1CSc1nnc([C@@H]2COc3ccccc3O2)n1-c1ccccc1. The first kappa shape index (κ1) is 20.4. The van der Waals surface area contributed by atoms with Crippen molar-refractivity contribution >= 4 is 22.7 Å². The highest BCUT2D eigenvalue weighted by atomic mass is 32.2. The molecule has 0 spiro atoms. The quantitative estimate of drug-likeness (QED) is 0.359. The summed E-state index contributed by atoms with van der Waals surface area (Å²) in [5, 5.41) is 18.2. The molecular formula is C24H18N6O3S. The minimum atomic E-state index is -0.444. The van der Waals surface area contributed by atoms with E-state index in [2.05, 4.69) is 20.5 Å². The molecule has 0 amide bonds. The molecule has 9 nitrogen and oxygen atoms in total. The molecule has 0 saturated carbocycles. The summed E-state index contributed by atoms with van der Waals surface area (Å²) in [7, 11) is 0. The lowest BCUT2D eigenvalue weighted by Gasteiger charge is -2.26. The van der Waals surface area contributed by atoms with Crippen molar-refractivity contribution in [2.24, 2.45) is 0 Å². The molecule has 0 fully saturated rings. The van der Waals surface area contributed by atoms with Gasteiger partial charge in [0, 0.05) is 5.69 Å². The van der Waals surface area contributed by atoms with Crippen LogP contribution < -0.4 is 15.0 Å². The van der Waals surface area contributed by atoms with Gasteiger partial charge in [-0.25, -0.2) is 0 Å². The molecule has 3 aromatic carbocycles. The van der Waals surface area contributed by atoms with Crippen molar-refractivity contribution in [1.29, 1.82) is 0 Å². The Labute approximate surface area is 198 Å². The molecule has 10 heteroatoms. The van der Waals surface area contributed by atoms with Crippen LogP contribution in [0.25, 0.3) is 16.6 Å². The van der Waals surface area contributed by atoms with Crippen molar-refractivity contribution in [3.8, 4) is 17.2 Å². The van der Waals surface area contributed by atoms with Gasteiger partial charge >= 0.3 is 0 Å². The summed E-state index contributed by atoms with van der Waals surface area (Å²) in [4.78, 5) is 12.8. The monoisotopic (exact) mass is 470 g/mol. The van der Waals surface area contributed by atoms with Gasteiger partial charge in [-0.1, -0.05) is 59.4 Å². The second-order valence-electron chi connectivity index (χ2n) is 7.56. The number of fused-ring (bicyclic) bond motifs is 2. The number of hydrogen-bond acceptors (Lipinski definition) is 8. The van der Waals surface area contributed by atoms with E-state index >= 15 is 0 Å². The summed E-state index contributed by atoms with van der Waals surface area (Å²) in [6.07, 6.45) is -0.444. The fraction of sp³-hybridized carbons (Fsp3) is 0.125. The molecule has 0 radical (unpaired) electrons. The van der Waals surface area contributed by atoms with E-state index in [9.17, 15) is 4.79 Å². The van der Waals surface area contributed by atoms with Gasteiger partial charge in [-0.15, -0.1) is 15.3 Å². The van der Waals surface area contributed by atoms with Crippen LogP contribution in [0.5, 0.6) is 11.5 Å². The highest BCUT2D eigenvalue weighted by molar-refractivity contribution is 7.98. The van der Waals surface area contributed by atoms with E-state index in [4.69, 9.17) is 9.47 Å². The van der Waals surface area contributed by atoms with Crippen molar-refractivity contribution in [2.75, 3.05) is 6.61 Å². The number of rotatable bonds is 5. The van der Waals surface area contributed by atoms with Gasteiger partial charge in [0.05, 0.1) is 11.3 Å². The largest absolute Gasteiger partial charge is 0.485 e. The van der Waals surface area contributed by atoms with E-state index in [1.807, 2.05) is 71.3 Å². The van der Waals surface area contributed by atoms with Gasteiger partial charge in [0.25, 0.3) is 5.56 Å². The highest BCUT2D eigenvalue weighted by Crippen LogP contribution is 2.37. The van der Waals surface area contributed by atoms with Crippen LogP contribution in [-0.4, -0.2) is 36.4 Å². The van der Waals surface area contributed by atoms with E-state index in [1.54, 1.807) is 12.1 Å². The Morgan fingerprint density at radius 1 is 0.882 bits per heavy atom. The topological polar surface area (TPSA) is 97.0 Å². The Kier molecular flexibility index (Phi) is 5.19. The van der Waals surface area contributed by atoms with Crippen LogP contribution in [0.15, 0.2) is 88.8 Å². The third-order valence-corrected chi connectivity index (χ3v) is 6.31. The number of para-hydroxylation sites is 3. The maximum absolute atomic E-state index is 12.8. The number of nitrogens with zero attached hydrogens (tertiary/aromatic N) is 6. The molecule has 1 aliphatic rings. The van der Waals surface area contributed by atoms with Crippen LogP contribution in [0.3, 0.4) is 0 Å². The normalized spacial score (nSPS) is 14.9. The zero-order chi connectivity index (χ0) is 22.9. The molecule has 0 aliphatic carbocycles. The Balaban J connectivity index is 1.34. The molecule has 0 N–H and O–H groups in total. The Bertz CT molecular complexity index is 1540. The number of hydrogen-bond donors (Lipinski definition) is 0. The molecular weight excluding hydrogens is 452 g/mol. The van der Waals surface area contributed by atoms with Gasteiger partial charge in [-0.3, -0.25) is 9.36 Å². The smallest absolute Gasteiger partial charge is 0.278 e. The average molecular weight is 471 g/mol. The van der Waals surface area contributed by atoms with Gasteiger partial charge < -0.3 is 9.47 Å². The van der Waals surface area contributed by atoms with Crippen LogP contribution >= 0.6 is 11.8 Å². The van der Waals surface area contributed by atoms with Crippen LogP contribution in [-0.2, 0) is 5.88 Å². The maximum Gasteiger partial charge on any atom is 0.278 e. The summed E-state index contributed by atoms with van der Waals surface area (Å²) in [6.45, 7) is 0.308. The lowest BCUT2D eigenvalue weighted by Crippen LogP contribution is -2.25. The zero-order valence-electron chi connectivity index (χ0n) is 17.8. The first-order chi connectivity index (χ1) is 16.8. The van der Waals surface area contributed by atoms with Crippen LogP contribution in [0.4, 0.5) is 0 Å². The Morgan fingerprint density at radius 2 is 1.65 bits per heavy atom. The highest BCUT2D eigenvalue weighted by Gasteiger charge is 2.29. The summed E-state index contributed by atoms with van der Waals surface area (Å²) in [5.41, 5.74) is 1.24. The molecule has 0 saturated heterocycles. The molecule has 0 bridgehead atoms. The van der Waals surface area contributed by atoms with E-state index in [-0.39, 0.29) is 11.4 Å². The van der Waals surface area contributed by atoms with E-state index in [1.165, 1.54) is 16.4 Å². The fourth-order valence-corrected chi connectivity index (χ4v) is 4.61. The van der Waals surface area contributed by atoms with Crippen molar-refractivity contribution in [3.63, 3.8) is 0 Å². The van der Waals surface area contributed by atoms with Gasteiger partial charge in [-0.05, 0) is 36.4 Å². The van der Waals surface area contributed by atoms with Gasteiger partial charge in [0.1, 0.15) is 12.1 Å². The van der Waals surface area contributed by atoms with E-state index < -0.39 is 6.10 Å². The van der Waals surface area contributed by atoms with Crippen molar-refractivity contribution in [2.45, 2.75) is 17.1 Å². The molecule has 2 aromatic heterocycles. The van der Waals surface area contributed by atoms with Gasteiger partial charge in [-0.2, -0.15) is 4.68 Å². The van der Waals surface area contributed by atoms with Crippen molar-refractivity contribution < 1.29 is 9.47 Å². The van der Waals surface area contributed by atoms with Gasteiger partial charge in [0.2, 0.25) is 0 Å². The molecule has 168 valence electrons. The minimum Gasteiger partial charge on any atom is -0.485 e. The Morgan fingerprint density at radius 3 is 2.53 bits per heavy atom. The lowest BCUT2D eigenvalue weighted by atomic mass is 10.2. The van der Waals surface area contributed by atoms with E-state index in [0.29, 0.717) is 40.0 Å². The Hall–Kier alpha value is -4.18. The minimum absolute atomic E-state index is 0.204. The second kappa shape index (κ2) is 8.64. The summed E-state index contributed by atoms with van der Waals surface area (Å²) in [6, 6.07) is 24.5. The third-order valence-electron chi connectivity index (χ3n) is 5.41. The fourth-order valence-electron chi connectivity index (χ4n) is 3.78. The standard InChI is InChI=1S/C24H18N6O3S/c31-23-17-10-4-5-11-18(17)25-28-29(23)15-34-24-27-26-22(30(24)16-8-2-1-3-9-16)21-14-32-19-12-6-7-13-20(19)33-21/h1-13,21H,14-15H2/t21-/m0/s1. The maximum atomic E-state index is 12.8. The lowest BCUT2D eigenvalue weighted by molar-refractivity contribution is 0.0835. The first-order valence-corrected chi connectivity index (χ1v) is 11.6. The summed E-state index contributed by atoms with van der Waals surface area (Å²) >= 11 is 1.34. The third kappa shape index (κ3) is 3.67. The zero-order valence-corrected chi connectivity index (χ0v) is 18.6. The molecule has 1 aliphatic heterocycles. The average Bonchev–Trinajstić information content (AvgIpc) is 3.33. The predicted octanol–water partition coefficient (Wildman–Crippen LogP) is 3.63. The molecule has 5 aromatic rings.